The third-order valence-corrected chi connectivity index (χ3v) is 5.72. The van der Waals surface area contributed by atoms with Gasteiger partial charge in [0.1, 0.15) is 11.6 Å². The second-order valence-corrected chi connectivity index (χ2v) is 7.33. The Morgan fingerprint density at radius 2 is 1.83 bits per heavy atom. The van der Waals surface area contributed by atoms with E-state index in [0.717, 1.165) is 61.8 Å². The Bertz CT molecular complexity index is 624. The highest BCUT2D eigenvalue weighted by atomic mass is 16.3. The Morgan fingerprint density at radius 1 is 1.12 bits per heavy atom. The van der Waals surface area contributed by atoms with Gasteiger partial charge >= 0.3 is 0 Å². The van der Waals surface area contributed by atoms with E-state index in [0.29, 0.717) is 13.0 Å². The minimum Gasteiger partial charge on any atom is -0.395 e. The van der Waals surface area contributed by atoms with E-state index in [1.165, 1.54) is 0 Å². The molecule has 2 aliphatic rings. The van der Waals surface area contributed by atoms with Crippen molar-refractivity contribution < 1.29 is 9.90 Å². The number of aliphatic hydroxyl groups excluding tert-OH is 1. The molecule has 1 amide bonds. The Morgan fingerprint density at radius 3 is 2.50 bits per heavy atom. The molecule has 0 bridgehead atoms. The third-order valence-electron chi connectivity index (χ3n) is 5.72. The topological polar surface area (TPSA) is 69.6 Å². The molecule has 2 saturated heterocycles. The number of hydrogen-bond donors (Lipinski definition) is 1. The van der Waals surface area contributed by atoms with Crippen molar-refractivity contribution in [1.29, 1.82) is 0 Å². The number of amides is 1. The van der Waals surface area contributed by atoms with Crippen LogP contribution in [0.2, 0.25) is 0 Å². The molecule has 1 aromatic rings. The highest BCUT2D eigenvalue weighted by Gasteiger charge is 2.41. The smallest absolute Gasteiger partial charge is 0.222 e. The summed E-state index contributed by atoms with van der Waals surface area (Å²) in [6.07, 6.45) is 3.74. The number of piperidine rings is 2. The van der Waals surface area contributed by atoms with Gasteiger partial charge in [-0.1, -0.05) is 0 Å². The van der Waals surface area contributed by atoms with Crippen LogP contribution in [0.3, 0.4) is 0 Å². The molecule has 0 unspecified atom stereocenters. The van der Waals surface area contributed by atoms with Crippen LogP contribution in [0.4, 0.5) is 5.82 Å². The molecule has 6 heteroatoms. The molecule has 0 aliphatic carbocycles. The SMILES string of the molecule is Cc1nc(C)c(C)c(N2CCC3(CCC(=O)N(CCO)C3)CC2)n1. The average Bonchev–Trinajstić information content (AvgIpc) is 2.56. The predicted molar refractivity (Wildman–Crippen MR) is 93.0 cm³/mol. The quantitative estimate of drug-likeness (QED) is 0.910. The zero-order valence-electron chi connectivity index (χ0n) is 15.0. The zero-order valence-corrected chi connectivity index (χ0v) is 15.0. The molecule has 0 saturated carbocycles. The molecule has 132 valence electrons. The molecule has 0 aromatic carbocycles. The monoisotopic (exact) mass is 332 g/mol. The minimum atomic E-state index is 0.0482. The number of β-amino-alcohol motifs (C(OH)–C–C–N with tert-alkyl or cyclic N) is 1. The molecule has 0 atom stereocenters. The van der Waals surface area contributed by atoms with Crippen LogP contribution in [-0.4, -0.2) is 58.7 Å². The van der Waals surface area contributed by atoms with Crippen molar-refractivity contribution in [3.05, 3.63) is 17.1 Å². The number of nitrogens with zero attached hydrogens (tertiary/aromatic N) is 4. The van der Waals surface area contributed by atoms with Crippen molar-refractivity contribution in [1.82, 2.24) is 14.9 Å². The highest BCUT2D eigenvalue weighted by molar-refractivity contribution is 5.77. The van der Waals surface area contributed by atoms with Crippen molar-refractivity contribution in [2.45, 2.75) is 46.5 Å². The average molecular weight is 332 g/mol. The molecule has 3 heterocycles. The Balaban J connectivity index is 1.71. The summed E-state index contributed by atoms with van der Waals surface area (Å²) in [5.41, 5.74) is 2.43. The first-order valence-electron chi connectivity index (χ1n) is 8.89. The largest absolute Gasteiger partial charge is 0.395 e. The van der Waals surface area contributed by atoms with Crippen molar-refractivity contribution in [2.75, 3.05) is 37.7 Å². The van der Waals surface area contributed by atoms with Gasteiger partial charge in [0.25, 0.3) is 0 Å². The van der Waals surface area contributed by atoms with E-state index in [-0.39, 0.29) is 17.9 Å². The van der Waals surface area contributed by atoms with Gasteiger partial charge in [-0.3, -0.25) is 4.79 Å². The molecule has 24 heavy (non-hydrogen) atoms. The van der Waals surface area contributed by atoms with Crippen LogP contribution in [0.25, 0.3) is 0 Å². The summed E-state index contributed by atoms with van der Waals surface area (Å²) in [5, 5.41) is 9.18. The lowest BCUT2D eigenvalue weighted by atomic mass is 9.72. The van der Waals surface area contributed by atoms with Gasteiger partial charge in [0.05, 0.1) is 6.61 Å². The van der Waals surface area contributed by atoms with E-state index in [1.54, 1.807) is 0 Å². The molecule has 2 aliphatic heterocycles. The maximum Gasteiger partial charge on any atom is 0.222 e. The molecular weight excluding hydrogens is 304 g/mol. The number of carbonyl (C=O) groups is 1. The molecule has 2 fully saturated rings. The van der Waals surface area contributed by atoms with Gasteiger partial charge in [0, 0.05) is 43.9 Å². The number of likely N-dealkylation sites (tertiary alicyclic amines) is 1. The van der Waals surface area contributed by atoms with Crippen molar-refractivity contribution in [3.63, 3.8) is 0 Å². The summed E-state index contributed by atoms with van der Waals surface area (Å²) >= 11 is 0. The number of hydrogen-bond acceptors (Lipinski definition) is 5. The van der Waals surface area contributed by atoms with Gasteiger partial charge in [-0.25, -0.2) is 9.97 Å². The van der Waals surface area contributed by atoms with Crippen molar-refractivity contribution >= 4 is 11.7 Å². The minimum absolute atomic E-state index is 0.0482. The second kappa shape index (κ2) is 6.67. The number of rotatable bonds is 3. The molecule has 0 radical (unpaired) electrons. The van der Waals surface area contributed by atoms with E-state index in [4.69, 9.17) is 0 Å². The molecular formula is C18H28N4O2. The summed E-state index contributed by atoms with van der Waals surface area (Å²) in [4.78, 5) is 25.3. The van der Waals surface area contributed by atoms with Crippen LogP contribution in [0, 0.1) is 26.2 Å². The number of aromatic nitrogens is 2. The van der Waals surface area contributed by atoms with Crippen LogP contribution >= 0.6 is 0 Å². The standard InChI is InChI=1S/C18H28N4O2/c1-13-14(2)19-15(3)20-17(13)21-8-6-18(7-9-21)5-4-16(24)22(12-18)10-11-23/h23H,4-12H2,1-3H3. The molecule has 1 spiro atoms. The van der Waals surface area contributed by atoms with Gasteiger partial charge in [0.2, 0.25) is 5.91 Å². The summed E-state index contributed by atoms with van der Waals surface area (Å²) in [6, 6.07) is 0. The van der Waals surface area contributed by atoms with E-state index in [9.17, 15) is 9.90 Å². The fraction of sp³-hybridized carbons (Fsp3) is 0.722. The van der Waals surface area contributed by atoms with E-state index in [1.807, 2.05) is 18.7 Å². The normalized spacial score (nSPS) is 20.8. The lowest BCUT2D eigenvalue weighted by Gasteiger charge is -2.47. The summed E-state index contributed by atoms with van der Waals surface area (Å²) in [7, 11) is 0. The number of aliphatic hydroxyl groups is 1. The lowest BCUT2D eigenvalue weighted by Crippen LogP contribution is -2.52. The summed E-state index contributed by atoms with van der Waals surface area (Å²) in [5.74, 6) is 2.08. The maximum absolute atomic E-state index is 12.0. The lowest BCUT2D eigenvalue weighted by molar-refractivity contribution is -0.138. The van der Waals surface area contributed by atoms with Crippen LogP contribution in [0.1, 0.15) is 42.8 Å². The Kier molecular flexibility index (Phi) is 4.76. The van der Waals surface area contributed by atoms with Gasteiger partial charge < -0.3 is 14.9 Å². The first-order chi connectivity index (χ1) is 11.4. The fourth-order valence-corrected chi connectivity index (χ4v) is 4.09. The number of carbonyl (C=O) groups excluding carboxylic acids is 1. The summed E-state index contributed by atoms with van der Waals surface area (Å²) < 4.78 is 0. The highest BCUT2D eigenvalue weighted by Crippen LogP contribution is 2.41. The van der Waals surface area contributed by atoms with Crippen molar-refractivity contribution in [3.8, 4) is 0 Å². The Labute approximate surface area is 143 Å². The van der Waals surface area contributed by atoms with Crippen molar-refractivity contribution in [2.24, 2.45) is 5.41 Å². The Hall–Kier alpha value is -1.69. The van der Waals surface area contributed by atoms with Gasteiger partial charge in [-0.05, 0) is 45.4 Å². The second-order valence-electron chi connectivity index (χ2n) is 7.33. The molecule has 3 rings (SSSR count). The van der Waals surface area contributed by atoms with Crippen LogP contribution in [0.15, 0.2) is 0 Å². The van der Waals surface area contributed by atoms with E-state index >= 15 is 0 Å². The summed E-state index contributed by atoms with van der Waals surface area (Å²) in [6.45, 7) is 9.33. The predicted octanol–water partition coefficient (Wildman–Crippen LogP) is 1.60. The van der Waals surface area contributed by atoms with Crippen LogP contribution in [-0.2, 0) is 4.79 Å². The number of aryl methyl sites for hydroxylation is 2. The van der Waals surface area contributed by atoms with Gasteiger partial charge in [-0.2, -0.15) is 0 Å². The number of anilines is 1. The fourth-order valence-electron chi connectivity index (χ4n) is 4.09. The molecule has 6 nitrogen and oxygen atoms in total. The van der Waals surface area contributed by atoms with E-state index < -0.39 is 0 Å². The van der Waals surface area contributed by atoms with Gasteiger partial charge in [-0.15, -0.1) is 0 Å². The maximum atomic E-state index is 12.0. The third kappa shape index (κ3) is 3.24. The first-order valence-corrected chi connectivity index (χ1v) is 8.89. The van der Waals surface area contributed by atoms with Gasteiger partial charge in [0.15, 0.2) is 0 Å². The van der Waals surface area contributed by atoms with E-state index in [2.05, 4.69) is 21.8 Å². The molecule has 1 aromatic heterocycles. The first kappa shape index (κ1) is 17.1. The van der Waals surface area contributed by atoms with Crippen LogP contribution in [0.5, 0.6) is 0 Å². The molecule has 1 N–H and O–H groups in total. The zero-order chi connectivity index (χ0) is 17.3. The van der Waals surface area contributed by atoms with Crippen LogP contribution < -0.4 is 4.90 Å².